The number of rotatable bonds is 1. The first kappa shape index (κ1) is 11.0. The molecule has 0 aliphatic carbocycles. The SMILES string of the molecule is CC1CCCCN1c1nc(Cl)nc2c1C=NC2. The van der Waals surface area contributed by atoms with Crippen molar-refractivity contribution in [3.05, 3.63) is 16.5 Å². The fraction of sp³-hybridized carbons (Fsp3) is 0.583. The van der Waals surface area contributed by atoms with Gasteiger partial charge in [0, 0.05) is 18.8 Å². The van der Waals surface area contributed by atoms with Crippen molar-refractivity contribution in [3.8, 4) is 0 Å². The summed E-state index contributed by atoms with van der Waals surface area (Å²) in [5.41, 5.74) is 2.01. The second-order valence-electron chi connectivity index (χ2n) is 4.68. The lowest BCUT2D eigenvalue weighted by molar-refractivity contribution is 0.480. The van der Waals surface area contributed by atoms with E-state index in [-0.39, 0.29) is 0 Å². The summed E-state index contributed by atoms with van der Waals surface area (Å²) in [6.45, 7) is 3.93. The Morgan fingerprint density at radius 3 is 3.06 bits per heavy atom. The maximum absolute atomic E-state index is 5.99. The van der Waals surface area contributed by atoms with Crippen molar-refractivity contribution in [2.75, 3.05) is 11.4 Å². The van der Waals surface area contributed by atoms with Gasteiger partial charge in [0.1, 0.15) is 5.82 Å². The third-order valence-corrected chi connectivity index (χ3v) is 3.68. The van der Waals surface area contributed by atoms with Crippen molar-refractivity contribution in [2.45, 2.75) is 38.8 Å². The zero-order valence-corrected chi connectivity index (χ0v) is 10.6. The minimum Gasteiger partial charge on any atom is -0.353 e. The second-order valence-corrected chi connectivity index (χ2v) is 5.02. The van der Waals surface area contributed by atoms with Gasteiger partial charge in [0.05, 0.1) is 17.8 Å². The van der Waals surface area contributed by atoms with Gasteiger partial charge in [-0.2, -0.15) is 4.98 Å². The van der Waals surface area contributed by atoms with Gasteiger partial charge in [-0.3, -0.25) is 4.99 Å². The third kappa shape index (κ3) is 1.90. The number of aliphatic imine (C=N–C) groups is 1. The number of hydrogen-bond donors (Lipinski definition) is 0. The number of nitrogens with zero attached hydrogens (tertiary/aromatic N) is 4. The van der Waals surface area contributed by atoms with Crippen LogP contribution in [-0.2, 0) is 6.54 Å². The van der Waals surface area contributed by atoms with Gasteiger partial charge in [0.2, 0.25) is 5.28 Å². The average molecular weight is 251 g/mol. The number of anilines is 1. The van der Waals surface area contributed by atoms with Gasteiger partial charge in [-0.05, 0) is 37.8 Å². The van der Waals surface area contributed by atoms with Gasteiger partial charge >= 0.3 is 0 Å². The number of piperidine rings is 1. The van der Waals surface area contributed by atoms with Gasteiger partial charge < -0.3 is 4.90 Å². The molecule has 1 aromatic heterocycles. The van der Waals surface area contributed by atoms with Crippen molar-refractivity contribution < 1.29 is 0 Å². The molecule has 17 heavy (non-hydrogen) atoms. The van der Waals surface area contributed by atoms with Crippen LogP contribution in [0, 0.1) is 0 Å². The molecule has 1 saturated heterocycles. The standard InChI is InChI=1S/C12H15ClN4/c1-8-4-2-3-5-17(8)11-9-6-14-7-10(9)15-12(13)16-11/h6,8H,2-5,7H2,1H3. The number of halogens is 1. The van der Waals surface area contributed by atoms with Crippen LogP contribution >= 0.6 is 11.6 Å². The summed E-state index contributed by atoms with van der Waals surface area (Å²) in [6.07, 6.45) is 5.61. The Balaban J connectivity index is 2.04. The van der Waals surface area contributed by atoms with Crippen molar-refractivity contribution >= 4 is 23.6 Å². The summed E-state index contributed by atoms with van der Waals surface area (Å²) in [5, 5.41) is 0.335. The molecule has 2 aliphatic heterocycles. The monoisotopic (exact) mass is 250 g/mol. The number of hydrogen-bond acceptors (Lipinski definition) is 4. The maximum Gasteiger partial charge on any atom is 0.224 e. The van der Waals surface area contributed by atoms with E-state index in [0.717, 1.165) is 23.6 Å². The van der Waals surface area contributed by atoms with Gasteiger partial charge in [-0.25, -0.2) is 4.98 Å². The first-order chi connectivity index (χ1) is 8.25. The highest BCUT2D eigenvalue weighted by Crippen LogP contribution is 2.29. The third-order valence-electron chi connectivity index (χ3n) is 3.51. The van der Waals surface area contributed by atoms with Crippen molar-refractivity contribution in [3.63, 3.8) is 0 Å². The lowest BCUT2D eigenvalue weighted by Gasteiger charge is -2.35. The topological polar surface area (TPSA) is 41.4 Å². The molecule has 0 saturated carbocycles. The molecule has 0 spiro atoms. The van der Waals surface area contributed by atoms with E-state index in [4.69, 9.17) is 11.6 Å². The summed E-state index contributed by atoms with van der Waals surface area (Å²) in [6, 6.07) is 0.521. The summed E-state index contributed by atoms with van der Waals surface area (Å²) >= 11 is 5.99. The molecule has 2 aliphatic rings. The van der Waals surface area contributed by atoms with Crippen molar-refractivity contribution in [1.29, 1.82) is 0 Å². The Morgan fingerprint density at radius 1 is 1.35 bits per heavy atom. The Morgan fingerprint density at radius 2 is 2.24 bits per heavy atom. The minimum absolute atomic E-state index is 0.335. The van der Waals surface area contributed by atoms with Crippen LogP contribution in [0.15, 0.2) is 4.99 Å². The van der Waals surface area contributed by atoms with E-state index in [1.807, 2.05) is 6.21 Å². The van der Waals surface area contributed by atoms with Gasteiger partial charge in [0.25, 0.3) is 0 Å². The maximum atomic E-state index is 5.99. The van der Waals surface area contributed by atoms with Crippen LogP contribution in [0.2, 0.25) is 5.28 Å². The molecule has 1 fully saturated rings. The fourth-order valence-corrected chi connectivity index (χ4v) is 2.76. The molecule has 3 heterocycles. The summed E-state index contributed by atoms with van der Waals surface area (Å²) in [5.74, 6) is 0.966. The highest BCUT2D eigenvalue weighted by Gasteiger charge is 2.25. The zero-order chi connectivity index (χ0) is 11.8. The highest BCUT2D eigenvalue weighted by molar-refractivity contribution is 6.28. The van der Waals surface area contributed by atoms with E-state index < -0.39 is 0 Å². The molecule has 3 rings (SSSR count). The normalized spacial score (nSPS) is 22.9. The Hall–Kier alpha value is -1.16. The molecular formula is C12H15ClN4. The van der Waals surface area contributed by atoms with Crippen LogP contribution in [-0.4, -0.2) is 28.8 Å². The zero-order valence-electron chi connectivity index (χ0n) is 9.86. The number of fused-ring (bicyclic) bond motifs is 1. The van der Waals surface area contributed by atoms with E-state index in [0.29, 0.717) is 17.9 Å². The fourth-order valence-electron chi connectivity index (χ4n) is 2.58. The van der Waals surface area contributed by atoms with E-state index in [1.54, 1.807) is 0 Å². The summed E-state index contributed by atoms with van der Waals surface area (Å²) in [7, 11) is 0. The summed E-state index contributed by atoms with van der Waals surface area (Å²) < 4.78 is 0. The molecular weight excluding hydrogens is 236 g/mol. The predicted octanol–water partition coefficient (Wildman–Crippen LogP) is 2.44. The van der Waals surface area contributed by atoms with Crippen LogP contribution in [0.3, 0.4) is 0 Å². The molecule has 0 bridgehead atoms. The quantitative estimate of drug-likeness (QED) is 0.719. The lowest BCUT2D eigenvalue weighted by Crippen LogP contribution is -2.38. The van der Waals surface area contributed by atoms with Gasteiger partial charge in [-0.1, -0.05) is 0 Å². The Kier molecular flexibility index (Phi) is 2.74. The van der Waals surface area contributed by atoms with Gasteiger partial charge in [-0.15, -0.1) is 0 Å². The molecule has 0 amide bonds. The van der Waals surface area contributed by atoms with Gasteiger partial charge in [0.15, 0.2) is 0 Å². The van der Waals surface area contributed by atoms with E-state index in [9.17, 15) is 0 Å². The van der Waals surface area contributed by atoms with Crippen LogP contribution in [0.1, 0.15) is 37.4 Å². The molecule has 4 nitrogen and oxygen atoms in total. The van der Waals surface area contributed by atoms with Crippen molar-refractivity contribution in [2.24, 2.45) is 4.99 Å². The first-order valence-corrected chi connectivity index (χ1v) is 6.46. The Bertz CT molecular complexity index is 472. The molecule has 0 aromatic carbocycles. The van der Waals surface area contributed by atoms with E-state index >= 15 is 0 Å². The molecule has 1 unspecified atom stereocenters. The van der Waals surface area contributed by atoms with Crippen LogP contribution in [0.4, 0.5) is 5.82 Å². The van der Waals surface area contributed by atoms with Crippen LogP contribution < -0.4 is 4.90 Å². The predicted molar refractivity (Wildman–Crippen MR) is 69.0 cm³/mol. The first-order valence-electron chi connectivity index (χ1n) is 6.08. The molecule has 0 radical (unpaired) electrons. The van der Waals surface area contributed by atoms with Crippen LogP contribution in [0.25, 0.3) is 0 Å². The molecule has 90 valence electrons. The molecule has 5 heteroatoms. The molecule has 1 atom stereocenters. The molecule has 0 N–H and O–H groups in total. The smallest absolute Gasteiger partial charge is 0.224 e. The molecule has 1 aromatic rings. The Labute approximate surface area is 106 Å². The second kappa shape index (κ2) is 4.26. The highest BCUT2D eigenvalue weighted by atomic mass is 35.5. The number of aromatic nitrogens is 2. The summed E-state index contributed by atoms with van der Waals surface area (Å²) in [4.78, 5) is 15.2. The minimum atomic E-state index is 0.335. The van der Waals surface area contributed by atoms with Crippen LogP contribution in [0.5, 0.6) is 0 Å². The largest absolute Gasteiger partial charge is 0.353 e. The lowest BCUT2D eigenvalue weighted by atomic mass is 10.0. The van der Waals surface area contributed by atoms with Crippen molar-refractivity contribution in [1.82, 2.24) is 9.97 Å². The van der Waals surface area contributed by atoms with E-state index in [1.165, 1.54) is 19.3 Å². The van der Waals surface area contributed by atoms with E-state index in [2.05, 4.69) is 26.8 Å². The average Bonchev–Trinajstić information content (AvgIpc) is 2.76.